The first kappa shape index (κ1) is 23.5. The molecule has 0 saturated carbocycles. The fourth-order valence-electron chi connectivity index (χ4n) is 3.09. The van der Waals surface area contributed by atoms with Crippen LogP contribution in [0.3, 0.4) is 0 Å². The summed E-state index contributed by atoms with van der Waals surface area (Å²) in [5.74, 6) is 0.398. The van der Waals surface area contributed by atoms with Crippen molar-refractivity contribution in [1.29, 1.82) is 0 Å². The van der Waals surface area contributed by atoms with E-state index in [1.54, 1.807) is 37.4 Å². The van der Waals surface area contributed by atoms with Crippen molar-refractivity contribution in [1.82, 2.24) is 9.88 Å². The van der Waals surface area contributed by atoms with E-state index in [1.807, 2.05) is 32.9 Å². The summed E-state index contributed by atoms with van der Waals surface area (Å²) < 4.78 is 38.5. The summed E-state index contributed by atoms with van der Waals surface area (Å²) >= 11 is 0. The molecule has 0 spiro atoms. The van der Waals surface area contributed by atoms with Crippen LogP contribution in [0.5, 0.6) is 5.75 Å². The number of aromatic nitrogens is 1. The van der Waals surface area contributed by atoms with Gasteiger partial charge in [0.1, 0.15) is 17.5 Å². The molecular weight excluding hydrogens is 430 g/mol. The first-order valence-corrected chi connectivity index (χ1v) is 11.7. The minimum Gasteiger partial charge on any atom is -0.497 e. The Morgan fingerprint density at radius 1 is 1.09 bits per heavy atom. The number of carbonyl (C=O) groups is 1. The van der Waals surface area contributed by atoms with Gasteiger partial charge in [0.25, 0.3) is 0 Å². The van der Waals surface area contributed by atoms with Gasteiger partial charge in [-0.1, -0.05) is 36.7 Å². The molecule has 8 nitrogen and oxygen atoms in total. The number of ether oxygens (including phenoxy) is 1. The van der Waals surface area contributed by atoms with Crippen LogP contribution in [0.4, 0.5) is 5.88 Å². The van der Waals surface area contributed by atoms with Crippen molar-refractivity contribution in [2.75, 3.05) is 12.4 Å². The quantitative estimate of drug-likeness (QED) is 0.503. The number of aryl methyl sites for hydroxylation is 1. The number of nitrogens with zero attached hydrogens (tertiary/aromatic N) is 1. The minimum atomic E-state index is -3.87. The third kappa shape index (κ3) is 5.95. The van der Waals surface area contributed by atoms with Crippen LogP contribution in [0, 0.1) is 12.8 Å². The van der Waals surface area contributed by atoms with Gasteiger partial charge in [-0.25, -0.2) is 8.42 Å². The smallest absolute Gasteiger partial charge is 0.244 e. The zero-order chi connectivity index (χ0) is 23.3. The number of rotatable bonds is 9. The van der Waals surface area contributed by atoms with Crippen LogP contribution < -0.4 is 14.8 Å². The summed E-state index contributed by atoms with van der Waals surface area (Å²) in [7, 11) is -2.29. The molecule has 0 bridgehead atoms. The molecule has 1 atom stereocenters. The van der Waals surface area contributed by atoms with E-state index in [1.165, 1.54) is 12.1 Å². The number of methoxy groups -OCH3 is 1. The van der Waals surface area contributed by atoms with Crippen LogP contribution in [-0.4, -0.2) is 32.6 Å². The van der Waals surface area contributed by atoms with E-state index in [0.29, 0.717) is 17.9 Å². The van der Waals surface area contributed by atoms with Gasteiger partial charge >= 0.3 is 0 Å². The summed E-state index contributed by atoms with van der Waals surface area (Å²) in [6.07, 6.45) is 0.316. The molecule has 1 aromatic heterocycles. The third-order valence-corrected chi connectivity index (χ3v) is 6.28. The monoisotopic (exact) mass is 457 g/mol. The molecule has 9 heteroatoms. The largest absolute Gasteiger partial charge is 0.497 e. The van der Waals surface area contributed by atoms with Crippen LogP contribution in [0.2, 0.25) is 0 Å². The predicted molar refractivity (Wildman–Crippen MR) is 122 cm³/mol. The highest BCUT2D eigenvalue weighted by molar-refractivity contribution is 7.89. The van der Waals surface area contributed by atoms with Gasteiger partial charge in [0.2, 0.25) is 21.8 Å². The maximum absolute atomic E-state index is 12.9. The zero-order valence-electron chi connectivity index (χ0n) is 18.5. The lowest BCUT2D eigenvalue weighted by atomic mass is 10.0. The summed E-state index contributed by atoms with van der Waals surface area (Å²) in [6.45, 7) is 5.70. The molecule has 0 aliphatic heterocycles. The zero-order valence-corrected chi connectivity index (χ0v) is 19.3. The first-order chi connectivity index (χ1) is 15.2. The van der Waals surface area contributed by atoms with Gasteiger partial charge in [-0.05, 0) is 55.7 Å². The Morgan fingerprint density at radius 2 is 1.75 bits per heavy atom. The van der Waals surface area contributed by atoms with Crippen molar-refractivity contribution < 1.29 is 22.5 Å². The van der Waals surface area contributed by atoms with Gasteiger partial charge in [0.05, 0.1) is 12.0 Å². The van der Waals surface area contributed by atoms with E-state index in [9.17, 15) is 13.2 Å². The lowest BCUT2D eigenvalue weighted by Crippen LogP contribution is -2.44. The van der Waals surface area contributed by atoms with Gasteiger partial charge < -0.3 is 9.26 Å². The second-order valence-corrected chi connectivity index (χ2v) is 9.62. The Balaban J connectivity index is 1.75. The van der Waals surface area contributed by atoms with Crippen molar-refractivity contribution in [2.24, 2.45) is 5.92 Å². The number of amides is 1. The SMILES string of the molecule is COc1ccc(-c2cc(NC(=O)[C@H](CC(C)C)NS(=O)(=O)c3ccc(C)cc3)on2)cc1. The molecule has 3 rings (SSSR count). The van der Waals surface area contributed by atoms with E-state index in [-0.39, 0.29) is 16.7 Å². The molecule has 1 heterocycles. The molecule has 0 radical (unpaired) electrons. The number of nitrogens with one attached hydrogen (secondary N) is 2. The highest BCUT2D eigenvalue weighted by Crippen LogP contribution is 2.24. The minimum absolute atomic E-state index is 0.0797. The average molecular weight is 458 g/mol. The van der Waals surface area contributed by atoms with Gasteiger partial charge in [-0.2, -0.15) is 4.72 Å². The van der Waals surface area contributed by atoms with Crippen molar-refractivity contribution in [3.05, 3.63) is 60.2 Å². The Hall–Kier alpha value is -3.17. The lowest BCUT2D eigenvalue weighted by molar-refractivity contribution is -0.118. The Bertz CT molecular complexity index is 1150. The highest BCUT2D eigenvalue weighted by Gasteiger charge is 2.27. The number of anilines is 1. The van der Waals surface area contributed by atoms with Gasteiger partial charge in [0, 0.05) is 11.6 Å². The third-order valence-electron chi connectivity index (χ3n) is 4.79. The summed E-state index contributed by atoms with van der Waals surface area (Å²) in [5.41, 5.74) is 2.26. The average Bonchev–Trinajstić information content (AvgIpc) is 3.21. The molecule has 2 aromatic carbocycles. The lowest BCUT2D eigenvalue weighted by Gasteiger charge is -2.19. The predicted octanol–water partition coefficient (Wildman–Crippen LogP) is 3.99. The molecule has 2 N–H and O–H groups in total. The fourth-order valence-corrected chi connectivity index (χ4v) is 4.30. The topological polar surface area (TPSA) is 111 Å². The van der Waals surface area contributed by atoms with Crippen molar-refractivity contribution in [2.45, 2.75) is 38.1 Å². The first-order valence-electron chi connectivity index (χ1n) is 10.2. The van der Waals surface area contributed by atoms with Crippen LogP contribution in [0.1, 0.15) is 25.8 Å². The number of benzene rings is 2. The van der Waals surface area contributed by atoms with Crippen LogP contribution >= 0.6 is 0 Å². The molecule has 0 unspecified atom stereocenters. The van der Waals surface area contributed by atoms with E-state index < -0.39 is 22.0 Å². The highest BCUT2D eigenvalue weighted by atomic mass is 32.2. The second-order valence-electron chi connectivity index (χ2n) is 7.91. The van der Waals surface area contributed by atoms with Gasteiger partial charge in [-0.3, -0.25) is 10.1 Å². The van der Waals surface area contributed by atoms with E-state index in [4.69, 9.17) is 9.26 Å². The van der Waals surface area contributed by atoms with Crippen LogP contribution in [0.15, 0.2) is 64.0 Å². The van der Waals surface area contributed by atoms with Gasteiger partial charge in [-0.15, -0.1) is 0 Å². The standard InChI is InChI=1S/C23H27N3O5S/c1-15(2)13-21(26-32(28,29)19-11-5-16(3)6-12-19)23(27)24-22-14-20(25-31-22)17-7-9-18(30-4)10-8-17/h5-12,14-15,21,26H,13H2,1-4H3,(H,24,27)/t21-/m0/s1. The summed E-state index contributed by atoms with van der Waals surface area (Å²) in [5, 5.41) is 6.60. The molecule has 0 saturated heterocycles. The maximum Gasteiger partial charge on any atom is 0.244 e. The maximum atomic E-state index is 12.9. The molecular formula is C23H27N3O5S. The Labute approximate surface area is 188 Å². The Kier molecular flexibility index (Phi) is 7.32. The second kappa shape index (κ2) is 9.97. The molecule has 0 aliphatic carbocycles. The molecule has 0 fully saturated rings. The van der Waals surface area contributed by atoms with E-state index in [0.717, 1.165) is 11.1 Å². The molecule has 170 valence electrons. The number of hydrogen-bond donors (Lipinski definition) is 2. The fraction of sp³-hybridized carbons (Fsp3) is 0.304. The van der Waals surface area contributed by atoms with Crippen molar-refractivity contribution in [3.63, 3.8) is 0 Å². The number of carbonyl (C=O) groups excluding carboxylic acids is 1. The van der Waals surface area contributed by atoms with Crippen LogP contribution in [0.25, 0.3) is 11.3 Å². The number of hydrogen-bond acceptors (Lipinski definition) is 6. The summed E-state index contributed by atoms with van der Waals surface area (Å²) in [4.78, 5) is 13.0. The normalized spacial score (nSPS) is 12.5. The van der Waals surface area contributed by atoms with Crippen molar-refractivity contribution in [3.8, 4) is 17.0 Å². The van der Waals surface area contributed by atoms with Crippen LogP contribution in [-0.2, 0) is 14.8 Å². The molecule has 3 aromatic rings. The molecule has 32 heavy (non-hydrogen) atoms. The summed E-state index contributed by atoms with van der Waals surface area (Å²) in [6, 6.07) is 14.3. The van der Waals surface area contributed by atoms with E-state index >= 15 is 0 Å². The van der Waals surface area contributed by atoms with E-state index in [2.05, 4.69) is 15.2 Å². The van der Waals surface area contributed by atoms with Crippen molar-refractivity contribution >= 4 is 21.8 Å². The van der Waals surface area contributed by atoms with Gasteiger partial charge in [0.15, 0.2) is 0 Å². The molecule has 1 amide bonds. The number of sulfonamides is 1. The molecule has 0 aliphatic rings. The Morgan fingerprint density at radius 3 is 2.34 bits per heavy atom.